The highest BCUT2D eigenvalue weighted by atomic mass is 16.8. The number of hydrogen-bond donors (Lipinski definition) is 1. The monoisotopic (exact) mass is 177 g/mol. The van der Waals surface area contributed by atoms with Crippen molar-refractivity contribution >= 4 is 5.82 Å². The molecule has 5 nitrogen and oxygen atoms in total. The van der Waals surface area contributed by atoms with Crippen LogP contribution in [0.25, 0.3) is 11.3 Å². The summed E-state index contributed by atoms with van der Waals surface area (Å²) in [5.41, 5.74) is 6.56. The lowest BCUT2D eigenvalue weighted by molar-refractivity contribution is -0.790. The average molecular weight is 177 g/mol. The Kier molecular flexibility index (Phi) is 1.63. The number of rotatable bonds is 1. The molecule has 0 aliphatic rings. The summed E-state index contributed by atoms with van der Waals surface area (Å²) in [7, 11) is 0. The summed E-state index contributed by atoms with van der Waals surface area (Å²) in [6.07, 6.45) is 0. The summed E-state index contributed by atoms with van der Waals surface area (Å²) < 4.78 is 4.34. The maximum atomic E-state index is 10.8. The van der Waals surface area contributed by atoms with E-state index in [-0.39, 0.29) is 10.7 Å². The smallest absolute Gasteiger partial charge is 0.300 e. The van der Waals surface area contributed by atoms with Crippen LogP contribution in [-0.2, 0) is 0 Å². The molecule has 1 aromatic heterocycles. The summed E-state index contributed by atoms with van der Waals surface area (Å²) in [5, 5.41) is 14.3. The Labute approximate surface area is 73.9 Å². The van der Waals surface area contributed by atoms with Crippen LogP contribution in [-0.4, -0.2) is 5.16 Å². The largest absolute Gasteiger partial charge is 0.391 e. The molecule has 0 amide bonds. The first-order valence-electron chi connectivity index (χ1n) is 3.69. The summed E-state index contributed by atoms with van der Waals surface area (Å²) in [6, 6.07) is 9.13. The van der Waals surface area contributed by atoms with E-state index in [1.165, 1.54) is 0 Å². The standard InChI is InChI=1S/C8H7N3O2/c9-8-7(10-13-11(8)12)6-4-2-1-3-5-6/h1-5H,9H2. The van der Waals surface area contributed by atoms with Crippen molar-refractivity contribution in [1.82, 2.24) is 5.16 Å². The predicted octanol–water partition coefficient (Wildman–Crippen LogP) is 0.557. The Hall–Kier alpha value is -2.04. The van der Waals surface area contributed by atoms with E-state index in [0.29, 0.717) is 5.69 Å². The molecule has 0 saturated heterocycles. The lowest BCUT2D eigenvalue weighted by atomic mass is 10.2. The Bertz CT molecular complexity index is 411. The molecule has 0 bridgehead atoms. The third-order valence-corrected chi connectivity index (χ3v) is 1.69. The van der Waals surface area contributed by atoms with E-state index in [1.807, 2.05) is 18.2 Å². The van der Waals surface area contributed by atoms with E-state index in [4.69, 9.17) is 5.73 Å². The van der Waals surface area contributed by atoms with Gasteiger partial charge in [-0.3, -0.25) is 0 Å². The van der Waals surface area contributed by atoms with Gasteiger partial charge in [0.2, 0.25) is 5.69 Å². The number of nitrogens with two attached hydrogens (primary N) is 1. The third-order valence-electron chi connectivity index (χ3n) is 1.69. The summed E-state index contributed by atoms with van der Waals surface area (Å²) in [4.78, 5) is 0.183. The zero-order valence-electron chi connectivity index (χ0n) is 6.68. The molecule has 1 aromatic carbocycles. The fourth-order valence-electron chi connectivity index (χ4n) is 1.05. The van der Waals surface area contributed by atoms with Crippen LogP contribution >= 0.6 is 0 Å². The Balaban J connectivity index is 2.53. The quantitative estimate of drug-likeness (QED) is 0.645. The molecule has 2 aromatic rings. The first-order valence-corrected chi connectivity index (χ1v) is 3.69. The molecule has 1 heterocycles. The van der Waals surface area contributed by atoms with Crippen LogP contribution in [0.4, 0.5) is 5.82 Å². The predicted molar refractivity (Wildman–Crippen MR) is 45.3 cm³/mol. The number of hydrogen-bond acceptors (Lipinski definition) is 4. The van der Waals surface area contributed by atoms with Crippen LogP contribution in [0.5, 0.6) is 0 Å². The third kappa shape index (κ3) is 1.20. The molecule has 0 spiro atoms. The number of nitrogens with zero attached hydrogens (tertiary/aromatic N) is 2. The molecule has 2 rings (SSSR count). The molecule has 0 fully saturated rings. The fourth-order valence-corrected chi connectivity index (χ4v) is 1.05. The summed E-state index contributed by atoms with van der Waals surface area (Å²) >= 11 is 0. The first kappa shape index (κ1) is 7.60. The van der Waals surface area contributed by atoms with Gasteiger partial charge in [0.1, 0.15) is 0 Å². The second kappa shape index (κ2) is 2.78. The van der Waals surface area contributed by atoms with Gasteiger partial charge in [0.15, 0.2) is 0 Å². The molecule has 0 saturated carbocycles. The van der Waals surface area contributed by atoms with Crippen LogP contribution in [0, 0.1) is 5.21 Å². The topological polar surface area (TPSA) is 79.0 Å². The molecular formula is C8H7N3O2. The van der Waals surface area contributed by atoms with Gasteiger partial charge in [-0.15, -0.1) is 0 Å². The van der Waals surface area contributed by atoms with E-state index in [2.05, 4.69) is 9.79 Å². The molecule has 0 aliphatic carbocycles. The minimum absolute atomic E-state index is 0.0220. The fraction of sp³-hybridized carbons (Fsp3) is 0. The maximum absolute atomic E-state index is 10.8. The summed E-state index contributed by atoms with van der Waals surface area (Å²) in [6.45, 7) is 0. The van der Waals surface area contributed by atoms with Crippen molar-refractivity contribution < 1.29 is 9.53 Å². The zero-order valence-corrected chi connectivity index (χ0v) is 6.68. The van der Waals surface area contributed by atoms with Crippen LogP contribution in [0.2, 0.25) is 0 Å². The first-order chi connectivity index (χ1) is 6.29. The highest BCUT2D eigenvalue weighted by Gasteiger charge is 2.14. The van der Waals surface area contributed by atoms with E-state index >= 15 is 0 Å². The molecular weight excluding hydrogens is 170 g/mol. The van der Waals surface area contributed by atoms with Crippen molar-refractivity contribution in [3.63, 3.8) is 0 Å². The molecule has 0 unspecified atom stereocenters. The van der Waals surface area contributed by atoms with Gasteiger partial charge in [-0.2, -0.15) is 0 Å². The van der Waals surface area contributed by atoms with Gasteiger partial charge in [-0.25, -0.2) is 0 Å². The molecule has 0 atom stereocenters. The molecule has 5 heteroatoms. The van der Waals surface area contributed by atoms with Crippen molar-refractivity contribution in [2.45, 2.75) is 0 Å². The van der Waals surface area contributed by atoms with Crippen molar-refractivity contribution in [1.29, 1.82) is 0 Å². The van der Waals surface area contributed by atoms with Gasteiger partial charge in [-0.05, 0) is 5.16 Å². The number of nitrogen functional groups attached to an aromatic ring is 1. The van der Waals surface area contributed by atoms with Crippen molar-refractivity contribution in [2.75, 3.05) is 5.73 Å². The van der Waals surface area contributed by atoms with Gasteiger partial charge in [-0.1, -0.05) is 35.2 Å². The average Bonchev–Trinajstić information content (AvgIpc) is 2.49. The molecule has 2 N–H and O–H groups in total. The SMILES string of the molecule is Nc1c(-c2ccccc2)no[n+]1[O-]. The van der Waals surface area contributed by atoms with Gasteiger partial charge in [0.05, 0.1) is 0 Å². The number of aromatic nitrogens is 2. The van der Waals surface area contributed by atoms with Crippen molar-refractivity contribution in [3.8, 4) is 11.3 Å². The number of benzene rings is 1. The van der Waals surface area contributed by atoms with Crippen molar-refractivity contribution in [2.24, 2.45) is 0 Å². The van der Waals surface area contributed by atoms with Crippen LogP contribution in [0.15, 0.2) is 35.0 Å². The van der Waals surface area contributed by atoms with Gasteiger partial charge in [0.25, 0.3) is 5.82 Å². The maximum Gasteiger partial charge on any atom is 0.300 e. The second-order valence-electron chi connectivity index (χ2n) is 2.53. The summed E-state index contributed by atoms with van der Waals surface area (Å²) in [5.74, 6) is -0.0220. The number of anilines is 1. The molecule has 0 radical (unpaired) electrons. The minimum Gasteiger partial charge on any atom is -0.391 e. The van der Waals surface area contributed by atoms with Crippen LogP contribution in [0.1, 0.15) is 0 Å². The van der Waals surface area contributed by atoms with E-state index in [9.17, 15) is 5.21 Å². The zero-order chi connectivity index (χ0) is 9.26. The lowest BCUT2D eigenvalue weighted by Crippen LogP contribution is -2.26. The Morgan fingerprint density at radius 3 is 2.54 bits per heavy atom. The Morgan fingerprint density at radius 2 is 2.00 bits per heavy atom. The molecule has 66 valence electrons. The van der Waals surface area contributed by atoms with Gasteiger partial charge >= 0.3 is 0 Å². The second-order valence-corrected chi connectivity index (χ2v) is 2.53. The van der Waals surface area contributed by atoms with E-state index in [0.717, 1.165) is 5.56 Å². The normalized spacial score (nSPS) is 10.2. The molecule has 13 heavy (non-hydrogen) atoms. The van der Waals surface area contributed by atoms with E-state index in [1.54, 1.807) is 12.1 Å². The van der Waals surface area contributed by atoms with Crippen molar-refractivity contribution in [3.05, 3.63) is 35.5 Å². The highest BCUT2D eigenvalue weighted by molar-refractivity contribution is 5.66. The lowest BCUT2D eigenvalue weighted by Gasteiger charge is -1.91. The van der Waals surface area contributed by atoms with E-state index < -0.39 is 0 Å². The van der Waals surface area contributed by atoms with Gasteiger partial charge in [0, 0.05) is 5.56 Å². The van der Waals surface area contributed by atoms with Gasteiger partial charge < -0.3 is 15.6 Å². The minimum atomic E-state index is -0.0220. The highest BCUT2D eigenvalue weighted by Crippen LogP contribution is 2.19. The Morgan fingerprint density at radius 1 is 1.31 bits per heavy atom. The molecule has 0 aliphatic heterocycles. The van der Waals surface area contributed by atoms with Crippen LogP contribution < -0.4 is 10.6 Å². The van der Waals surface area contributed by atoms with Crippen LogP contribution in [0.3, 0.4) is 0 Å².